The Balaban J connectivity index is 1.63. The lowest BCUT2D eigenvalue weighted by Crippen LogP contribution is -2.36. The second-order valence-electron chi connectivity index (χ2n) is 6.73. The van der Waals surface area contributed by atoms with E-state index in [2.05, 4.69) is 25.9 Å². The summed E-state index contributed by atoms with van der Waals surface area (Å²) in [6.07, 6.45) is -0.227. The SMILES string of the molecule is O=C1C[C@@H](C(=O)Nc2ccc(Cl)c(Cl)c2)c2c(nc(Nc3ccc(F)cc3)[nH]c2=O)N1. The van der Waals surface area contributed by atoms with Crippen molar-refractivity contribution in [2.24, 2.45) is 0 Å². The summed E-state index contributed by atoms with van der Waals surface area (Å²) in [6.45, 7) is 0. The number of aromatic amines is 1. The van der Waals surface area contributed by atoms with Crippen molar-refractivity contribution in [3.8, 4) is 0 Å². The van der Waals surface area contributed by atoms with E-state index in [9.17, 15) is 18.8 Å². The molecule has 4 rings (SSSR count). The Labute approximate surface area is 184 Å². The molecular formula is C20H14Cl2FN5O3. The van der Waals surface area contributed by atoms with E-state index in [0.29, 0.717) is 16.4 Å². The Hall–Kier alpha value is -3.43. The van der Waals surface area contributed by atoms with Crippen LogP contribution in [0.25, 0.3) is 0 Å². The fourth-order valence-electron chi connectivity index (χ4n) is 3.13. The Kier molecular flexibility index (Phi) is 5.62. The van der Waals surface area contributed by atoms with E-state index in [4.69, 9.17) is 23.2 Å². The van der Waals surface area contributed by atoms with Crippen molar-refractivity contribution in [3.63, 3.8) is 0 Å². The molecule has 8 nitrogen and oxygen atoms in total. The van der Waals surface area contributed by atoms with E-state index in [1.165, 1.54) is 36.4 Å². The maximum absolute atomic E-state index is 13.1. The molecule has 2 heterocycles. The van der Waals surface area contributed by atoms with Gasteiger partial charge in [0.15, 0.2) is 0 Å². The molecule has 31 heavy (non-hydrogen) atoms. The topological polar surface area (TPSA) is 116 Å². The normalized spacial score (nSPS) is 15.1. The summed E-state index contributed by atoms with van der Waals surface area (Å²) in [6, 6.07) is 9.93. The van der Waals surface area contributed by atoms with E-state index in [1.807, 2.05) is 0 Å². The Morgan fingerprint density at radius 2 is 1.77 bits per heavy atom. The number of hydrogen-bond acceptors (Lipinski definition) is 5. The number of benzene rings is 2. The van der Waals surface area contributed by atoms with Crippen LogP contribution in [0.15, 0.2) is 47.3 Å². The molecular weight excluding hydrogens is 448 g/mol. The molecule has 0 fully saturated rings. The molecule has 0 unspecified atom stereocenters. The van der Waals surface area contributed by atoms with Gasteiger partial charge in [-0.3, -0.25) is 19.4 Å². The van der Waals surface area contributed by atoms with Gasteiger partial charge in [0.1, 0.15) is 11.6 Å². The van der Waals surface area contributed by atoms with E-state index >= 15 is 0 Å². The molecule has 1 aliphatic heterocycles. The van der Waals surface area contributed by atoms with Crippen LogP contribution in [0.2, 0.25) is 10.0 Å². The average molecular weight is 462 g/mol. The van der Waals surface area contributed by atoms with Crippen LogP contribution in [0.1, 0.15) is 17.9 Å². The number of carbonyl (C=O) groups excluding carboxylic acids is 2. The van der Waals surface area contributed by atoms with E-state index in [1.54, 1.807) is 6.07 Å². The van der Waals surface area contributed by atoms with Crippen molar-refractivity contribution in [1.29, 1.82) is 0 Å². The number of hydrogen-bond donors (Lipinski definition) is 4. The van der Waals surface area contributed by atoms with Crippen molar-refractivity contribution in [3.05, 3.63) is 74.2 Å². The highest BCUT2D eigenvalue weighted by atomic mass is 35.5. The second-order valence-corrected chi connectivity index (χ2v) is 7.55. The van der Waals surface area contributed by atoms with Crippen molar-refractivity contribution in [2.45, 2.75) is 12.3 Å². The zero-order valence-corrected chi connectivity index (χ0v) is 17.1. The van der Waals surface area contributed by atoms with Crippen LogP contribution in [0.5, 0.6) is 0 Å². The lowest BCUT2D eigenvalue weighted by atomic mass is 9.92. The summed E-state index contributed by atoms with van der Waals surface area (Å²) in [7, 11) is 0. The van der Waals surface area contributed by atoms with Gasteiger partial charge in [0, 0.05) is 17.8 Å². The molecule has 1 aromatic heterocycles. The lowest BCUT2D eigenvalue weighted by molar-refractivity contribution is -0.123. The van der Waals surface area contributed by atoms with Crippen LogP contribution in [-0.2, 0) is 9.59 Å². The van der Waals surface area contributed by atoms with Crippen LogP contribution in [0, 0.1) is 5.82 Å². The lowest BCUT2D eigenvalue weighted by Gasteiger charge is -2.23. The summed E-state index contributed by atoms with van der Waals surface area (Å²) < 4.78 is 13.1. The number of fused-ring (bicyclic) bond motifs is 1. The summed E-state index contributed by atoms with van der Waals surface area (Å²) in [5.74, 6) is -2.51. The molecule has 1 atom stereocenters. The second kappa shape index (κ2) is 8.37. The fourth-order valence-corrected chi connectivity index (χ4v) is 3.43. The molecule has 0 saturated carbocycles. The third-order valence-electron chi connectivity index (χ3n) is 4.56. The summed E-state index contributed by atoms with van der Waals surface area (Å²) in [5.41, 5.74) is 0.275. The van der Waals surface area contributed by atoms with E-state index < -0.39 is 29.1 Å². The quantitative estimate of drug-likeness (QED) is 0.468. The first-order valence-electron chi connectivity index (χ1n) is 9.03. The van der Waals surface area contributed by atoms with Crippen molar-refractivity contribution in [1.82, 2.24) is 9.97 Å². The number of rotatable bonds is 4. The number of anilines is 4. The first-order chi connectivity index (χ1) is 14.8. The Morgan fingerprint density at radius 3 is 2.48 bits per heavy atom. The van der Waals surface area contributed by atoms with Crippen LogP contribution in [0.4, 0.5) is 27.5 Å². The maximum atomic E-state index is 13.1. The highest BCUT2D eigenvalue weighted by Gasteiger charge is 2.34. The van der Waals surface area contributed by atoms with E-state index in [0.717, 1.165) is 0 Å². The Bertz CT molecular complexity index is 1250. The fraction of sp³-hybridized carbons (Fsp3) is 0.100. The molecule has 158 valence electrons. The number of nitrogens with one attached hydrogen (secondary N) is 4. The van der Waals surface area contributed by atoms with Gasteiger partial charge in [-0.15, -0.1) is 0 Å². The predicted molar refractivity (Wildman–Crippen MR) is 116 cm³/mol. The van der Waals surface area contributed by atoms with E-state index in [-0.39, 0.29) is 28.8 Å². The first-order valence-corrected chi connectivity index (χ1v) is 9.78. The van der Waals surface area contributed by atoms with Crippen LogP contribution in [-0.4, -0.2) is 21.8 Å². The van der Waals surface area contributed by atoms with Crippen LogP contribution in [0.3, 0.4) is 0 Å². The van der Waals surface area contributed by atoms with Gasteiger partial charge < -0.3 is 16.0 Å². The maximum Gasteiger partial charge on any atom is 0.258 e. The molecule has 4 N–H and O–H groups in total. The molecule has 0 radical (unpaired) electrons. The molecule has 11 heteroatoms. The van der Waals surface area contributed by atoms with Gasteiger partial charge in [-0.2, -0.15) is 4.98 Å². The van der Waals surface area contributed by atoms with Gasteiger partial charge in [-0.05, 0) is 42.5 Å². The minimum Gasteiger partial charge on any atom is -0.326 e. The highest BCUT2D eigenvalue weighted by molar-refractivity contribution is 6.42. The number of nitrogens with zero attached hydrogens (tertiary/aromatic N) is 1. The van der Waals surface area contributed by atoms with Gasteiger partial charge in [0.2, 0.25) is 17.8 Å². The largest absolute Gasteiger partial charge is 0.326 e. The number of aromatic nitrogens is 2. The first kappa shape index (κ1) is 20.8. The van der Waals surface area contributed by atoms with Gasteiger partial charge in [0.05, 0.1) is 21.5 Å². The minimum absolute atomic E-state index is 0.0288. The predicted octanol–water partition coefficient (Wildman–Crippen LogP) is 4.02. The van der Waals surface area contributed by atoms with Gasteiger partial charge in [-0.1, -0.05) is 23.2 Å². The molecule has 3 aromatic rings. The summed E-state index contributed by atoms with van der Waals surface area (Å²) >= 11 is 11.8. The molecule has 0 aliphatic carbocycles. The van der Waals surface area contributed by atoms with Crippen LogP contribution < -0.4 is 21.5 Å². The number of halogens is 3. The number of carbonyl (C=O) groups is 2. The third kappa shape index (κ3) is 4.52. The molecule has 2 aromatic carbocycles. The van der Waals surface area contributed by atoms with Crippen molar-refractivity contribution in [2.75, 3.05) is 16.0 Å². The Morgan fingerprint density at radius 1 is 1.06 bits per heavy atom. The molecule has 2 amide bonds. The van der Waals surface area contributed by atoms with Gasteiger partial charge in [0.25, 0.3) is 5.56 Å². The average Bonchev–Trinajstić information content (AvgIpc) is 2.71. The van der Waals surface area contributed by atoms with Crippen molar-refractivity contribution < 1.29 is 14.0 Å². The highest BCUT2D eigenvalue weighted by Crippen LogP contribution is 2.31. The zero-order chi connectivity index (χ0) is 22.1. The summed E-state index contributed by atoms with van der Waals surface area (Å²) in [5, 5.41) is 8.54. The smallest absolute Gasteiger partial charge is 0.258 e. The number of amides is 2. The number of H-pyrrole nitrogens is 1. The van der Waals surface area contributed by atoms with Gasteiger partial charge in [-0.25, -0.2) is 4.39 Å². The van der Waals surface area contributed by atoms with Crippen LogP contribution >= 0.6 is 23.2 Å². The standard InChI is InChI=1S/C20H14Cl2FN5O3/c21-13-6-5-11(7-14(13)22)24-18(30)12-8-15(29)26-17-16(12)19(31)28-20(27-17)25-10-3-1-9(23)2-4-10/h1-7,12H,8H2,(H,24,30)(H3,25,26,27,28,29,31)/t12-/m1/s1. The monoisotopic (exact) mass is 461 g/mol. The molecule has 0 spiro atoms. The van der Waals surface area contributed by atoms with Gasteiger partial charge >= 0.3 is 0 Å². The molecule has 1 aliphatic rings. The summed E-state index contributed by atoms with van der Waals surface area (Å²) in [4.78, 5) is 44.5. The minimum atomic E-state index is -1.06. The van der Waals surface area contributed by atoms with Crippen molar-refractivity contribution >= 4 is 58.2 Å². The zero-order valence-electron chi connectivity index (χ0n) is 15.6. The third-order valence-corrected chi connectivity index (χ3v) is 5.30. The molecule has 0 saturated heterocycles. The molecule has 0 bridgehead atoms.